The molecule has 0 aliphatic rings. The van der Waals surface area contributed by atoms with Gasteiger partial charge in [0, 0.05) is 5.39 Å². The van der Waals surface area contributed by atoms with E-state index in [-0.39, 0.29) is 30.2 Å². The van der Waals surface area contributed by atoms with Gasteiger partial charge in [0.05, 0.1) is 11.1 Å². The number of hydrogen-bond acceptors (Lipinski definition) is 5. The molecule has 7 heteroatoms. The van der Waals surface area contributed by atoms with Gasteiger partial charge in [0.15, 0.2) is 17.3 Å². The van der Waals surface area contributed by atoms with Gasteiger partial charge in [-0.05, 0) is 30.3 Å². The topological polar surface area (TPSA) is 70.4 Å². The van der Waals surface area contributed by atoms with E-state index in [4.69, 9.17) is 9.47 Å². The van der Waals surface area contributed by atoms with Gasteiger partial charge in [0.25, 0.3) is 5.56 Å². The van der Waals surface area contributed by atoms with Crippen molar-refractivity contribution in [2.45, 2.75) is 0 Å². The Labute approximate surface area is 171 Å². The average molecular weight is 404 g/mol. The van der Waals surface area contributed by atoms with Gasteiger partial charge in [-0.15, -0.1) is 0 Å². The van der Waals surface area contributed by atoms with Gasteiger partial charge in [-0.2, -0.15) is 9.78 Å². The molecule has 1 heterocycles. The molecule has 1 aromatic heterocycles. The smallest absolute Gasteiger partial charge is 0.359 e. The lowest BCUT2D eigenvalue weighted by molar-refractivity contribution is 0.0442. The second-order valence-corrected chi connectivity index (χ2v) is 6.36. The highest BCUT2D eigenvalue weighted by Gasteiger charge is 2.18. The van der Waals surface area contributed by atoms with Crippen LogP contribution < -0.4 is 10.3 Å². The van der Waals surface area contributed by atoms with E-state index in [9.17, 15) is 14.0 Å². The minimum absolute atomic E-state index is 0.0138. The van der Waals surface area contributed by atoms with Crippen LogP contribution in [0.5, 0.6) is 5.75 Å². The lowest BCUT2D eigenvalue weighted by atomic mass is 10.1. The predicted molar refractivity (Wildman–Crippen MR) is 110 cm³/mol. The fourth-order valence-electron chi connectivity index (χ4n) is 3.00. The Kier molecular flexibility index (Phi) is 5.52. The first-order chi connectivity index (χ1) is 14.6. The van der Waals surface area contributed by atoms with Crippen molar-refractivity contribution < 1.29 is 18.7 Å². The summed E-state index contributed by atoms with van der Waals surface area (Å²) in [5, 5.41) is 5.00. The van der Waals surface area contributed by atoms with Crippen molar-refractivity contribution in [1.29, 1.82) is 0 Å². The molecular formula is C23H17FN2O4. The molecule has 0 aliphatic heterocycles. The third-order valence-electron chi connectivity index (χ3n) is 4.41. The van der Waals surface area contributed by atoms with Gasteiger partial charge in [-0.3, -0.25) is 4.79 Å². The van der Waals surface area contributed by atoms with Crippen molar-refractivity contribution in [3.8, 4) is 11.4 Å². The Bertz CT molecular complexity index is 1260. The molecule has 0 spiro atoms. The largest absolute Gasteiger partial charge is 0.487 e. The van der Waals surface area contributed by atoms with Crippen molar-refractivity contribution >= 4 is 16.7 Å². The molecule has 0 bridgehead atoms. The number of rotatable bonds is 6. The number of carbonyl (C=O) groups is 1. The standard InChI is InChI=1S/C23H17FN2O4/c24-19-12-6-7-13-20(19)29-14-15-30-23(28)21-17-10-4-5-11-18(17)22(27)26(25-21)16-8-2-1-3-9-16/h1-13H,14-15H2. The van der Waals surface area contributed by atoms with E-state index in [0.717, 1.165) is 0 Å². The van der Waals surface area contributed by atoms with Crippen LogP contribution in [0.25, 0.3) is 16.5 Å². The first-order valence-corrected chi connectivity index (χ1v) is 9.27. The number of aromatic nitrogens is 2. The number of para-hydroxylation sites is 2. The molecule has 0 amide bonds. The summed E-state index contributed by atoms with van der Waals surface area (Å²) < 4.78 is 25.3. The van der Waals surface area contributed by atoms with E-state index in [1.807, 2.05) is 6.07 Å². The van der Waals surface area contributed by atoms with E-state index in [2.05, 4.69) is 5.10 Å². The first-order valence-electron chi connectivity index (χ1n) is 9.27. The highest BCUT2D eigenvalue weighted by molar-refractivity contribution is 6.02. The minimum Gasteiger partial charge on any atom is -0.487 e. The van der Waals surface area contributed by atoms with Gasteiger partial charge in [0.2, 0.25) is 0 Å². The maximum atomic E-state index is 13.6. The highest BCUT2D eigenvalue weighted by Crippen LogP contribution is 2.17. The van der Waals surface area contributed by atoms with Crippen molar-refractivity contribution in [3.05, 3.63) is 101 Å². The van der Waals surface area contributed by atoms with Crippen LogP contribution in [0.2, 0.25) is 0 Å². The van der Waals surface area contributed by atoms with Crippen LogP contribution in [-0.4, -0.2) is 29.0 Å². The van der Waals surface area contributed by atoms with Crippen LogP contribution in [0, 0.1) is 5.82 Å². The van der Waals surface area contributed by atoms with Gasteiger partial charge in [0.1, 0.15) is 13.2 Å². The summed E-state index contributed by atoms with van der Waals surface area (Å²) in [5.41, 5.74) is 0.210. The van der Waals surface area contributed by atoms with Crippen LogP contribution in [0.3, 0.4) is 0 Å². The molecule has 0 atom stereocenters. The number of halogens is 1. The Morgan fingerprint density at radius 3 is 2.30 bits per heavy atom. The van der Waals surface area contributed by atoms with E-state index in [1.54, 1.807) is 60.7 Å². The summed E-state index contributed by atoms with van der Waals surface area (Å²) in [6.45, 7) is -0.128. The zero-order valence-corrected chi connectivity index (χ0v) is 15.8. The zero-order chi connectivity index (χ0) is 20.9. The lowest BCUT2D eigenvalue weighted by Gasteiger charge is -2.11. The van der Waals surface area contributed by atoms with Crippen molar-refractivity contribution in [2.75, 3.05) is 13.2 Å². The predicted octanol–water partition coefficient (Wildman–Crippen LogP) is 3.76. The Hall–Kier alpha value is -4.00. The van der Waals surface area contributed by atoms with E-state index >= 15 is 0 Å². The number of fused-ring (bicyclic) bond motifs is 1. The summed E-state index contributed by atoms with van der Waals surface area (Å²) in [4.78, 5) is 25.5. The van der Waals surface area contributed by atoms with Crippen molar-refractivity contribution in [2.24, 2.45) is 0 Å². The van der Waals surface area contributed by atoms with Gasteiger partial charge in [-0.25, -0.2) is 9.18 Å². The molecule has 0 saturated heterocycles. The maximum absolute atomic E-state index is 13.6. The molecule has 30 heavy (non-hydrogen) atoms. The maximum Gasteiger partial charge on any atom is 0.359 e. The van der Waals surface area contributed by atoms with Crippen LogP contribution in [-0.2, 0) is 4.74 Å². The molecule has 0 radical (unpaired) electrons. The van der Waals surface area contributed by atoms with E-state index in [1.165, 1.54) is 16.8 Å². The number of hydrogen-bond donors (Lipinski definition) is 0. The van der Waals surface area contributed by atoms with Crippen LogP contribution in [0.4, 0.5) is 4.39 Å². The number of benzene rings is 3. The molecule has 6 nitrogen and oxygen atoms in total. The SMILES string of the molecule is O=C(OCCOc1ccccc1F)c1nn(-c2ccccc2)c(=O)c2ccccc12. The first kappa shape index (κ1) is 19.3. The van der Waals surface area contributed by atoms with E-state index in [0.29, 0.717) is 16.5 Å². The number of ether oxygens (including phenoxy) is 2. The molecule has 4 rings (SSSR count). The highest BCUT2D eigenvalue weighted by atomic mass is 19.1. The van der Waals surface area contributed by atoms with Gasteiger partial charge >= 0.3 is 5.97 Å². The molecule has 4 aromatic rings. The third-order valence-corrected chi connectivity index (χ3v) is 4.41. The molecule has 0 N–H and O–H groups in total. The number of esters is 1. The second kappa shape index (κ2) is 8.57. The van der Waals surface area contributed by atoms with Crippen LogP contribution >= 0.6 is 0 Å². The number of nitrogens with zero attached hydrogens (tertiary/aromatic N) is 2. The molecular weight excluding hydrogens is 387 g/mol. The van der Waals surface area contributed by atoms with Crippen LogP contribution in [0.15, 0.2) is 83.7 Å². The summed E-state index contributed by atoms with van der Waals surface area (Å²) in [7, 11) is 0. The minimum atomic E-state index is -0.701. The Morgan fingerprint density at radius 2 is 1.53 bits per heavy atom. The second-order valence-electron chi connectivity index (χ2n) is 6.36. The monoisotopic (exact) mass is 404 g/mol. The Morgan fingerprint density at radius 1 is 0.867 bits per heavy atom. The van der Waals surface area contributed by atoms with Gasteiger partial charge < -0.3 is 9.47 Å². The third kappa shape index (κ3) is 3.91. The normalized spacial score (nSPS) is 10.7. The molecule has 0 unspecified atom stereocenters. The quantitative estimate of drug-likeness (QED) is 0.362. The zero-order valence-electron chi connectivity index (χ0n) is 15.8. The summed E-state index contributed by atoms with van der Waals surface area (Å²) in [6, 6.07) is 21.5. The number of carbonyl (C=O) groups excluding carboxylic acids is 1. The van der Waals surface area contributed by atoms with Gasteiger partial charge in [-0.1, -0.05) is 48.5 Å². The van der Waals surface area contributed by atoms with Crippen molar-refractivity contribution in [1.82, 2.24) is 9.78 Å². The summed E-state index contributed by atoms with van der Waals surface area (Å²) in [5.74, 6) is -1.12. The van der Waals surface area contributed by atoms with Crippen LogP contribution in [0.1, 0.15) is 10.5 Å². The van der Waals surface area contributed by atoms with E-state index < -0.39 is 11.8 Å². The molecule has 3 aromatic carbocycles. The molecule has 0 fully saturated rings. The average Bonchev–Trinajstić information content (AvgIpc) is 2.79. The Balaban J connectivity index is 1.58. The molecule has 0 saturated carbocycles. The van der Waals surface area contributed by atoms with Crippen molar-refractivity contribution in [3.63, 3.8) is 0 Å². The fourth-order valence-corrected chi connectivity index (χ4v) is 3.00. The molecule has 150 valence electrons. The lowest BCUT2D eigenvalue weighted by Crippen LogP contribution is -2.25. The summed E-state index contributed by atoms with van der Waals surface area (Å²) >= 11 is 0. The fraction of sp³-hybridized carbons (Fsp3) is 0.0870. The summed E-state index contributed by atoms with van der Waals surface area (Å²) in [6.07, 6.45) is 0. The molecule has 0 aliphatic carbocycles.